The Morgan fingerprint density at radius 2 is 1.89 bits per heavy atom. The number of para-hydroxylation sites is 1. The van der Waals surface area contributed by atoms with Crippen LogP contribution in [0.4, 0.5) is 11.4 Å². The molecule has 0 spiro atoms. The van der Waals surface area contributed by atoms with E-state index in [-0.39, 0.29) is 5.91 Å². The molecule has 1 amide bonds. The summed E-state index contributed by atoms with van der Waals surface area (Å²) in [5, 5.41) is 0. The van der Waals surface area contributed by atoms with Gasteiger partial charge in [-0.1, -0.05) is 30.3 Å². The van der Waals surface area contributed by atoms with Crippen molar-refractivity contribution in [3.05, 3.63) is 59.2 Å². The minimum absolute atomic E-state index is 0.00801. The first-order chi connectivity index (χ1) is 9.18. The minimum atomic E-state index is 0.00801. The molecule has 0 aliphatic carbocycles. The van der Waals surface area contributed by atoms with Gasteiger partial charge in [0, 0.05) is 17.9 Å². The summed E-state index contributed by atoms with van der Waals surface area (Å²) in [6, 6.07) is 13.6. The molecule has 2 aromatic rings. The van der Waals surface area contributed by atoms with Crippen LogP contribution in [0.25, 0.3) is 0 Å². The van der Waals surface area contributed by atoms with Crippen molar-refractivity contribution in [2.24, 2.45) is 0 Å². The lowest BCUT2D eigenvalue weighted by molar-refractivity contribution is 0.0981. The van der Waals surface area contributed by atoms with Gasteiger partial charge in [-0.25, -0.2) is 0 Å². The summed E-state index contributed by atoms with van der Waals surface area (Å²) in [6.07, 6.45) is 0.848. The van der Waals surface area contributed by atoms with E-state index in [1.807, 2.05) is 48.2 Å². The molecule has 96 valence electrons. The van der Waals surface area contributed by atoms with Crippen LogP contribution in [-0.2, 0) is 6.42 Å². The lowest BCUT2D eigenvalue weighted by Crippen LogP contribution is -2.38. The largest absolute Gasteiger partial charge is 0.398 e. The number of benzene rings is 2. The molecule has 0 radical (unpaired) electrons. The molecule has 0 atom stereocenters. The van der Waals surface area contributed by atoms with E-state index in [4.69, 9.17) is 5.73 Å². The summed E-state index contributed by atoms with van der Waals surface area (Å²) in [5.41, 5.74) is 10.3. The van der Waals surface area contributed by atoms with E-state index in [0.29, 0.717) is 17.8 Å². The fourth-order valence-electron chi connectivity index (χ4n) is 2.65. The smallest absolute Gasteiger partial charge is 0.260 e. The van der Waals surface area contributed by atoms with Gasteiger partial charge >= 0.3 is 0 Å². The second kappa shape index (κ2) is 4.43. The summed E-state index contributed by atoms with van der Waals surface area (Å²) in [5.74, 6) is 0.00801. The van der Waals surface area contributed by atoms with Gasteiger partial charge in [0.25, 0.3) is 5.91 Å². The van der Waals surface area contributed by atoms with Crippen molar-refractivity contribution in [3.8, 4) is 0 Å². The number of hydrogen-bond acceptors (Lipinski definition) is 2. The van der Waals surface area contributed by atoms with Crippen LogP contribution in [0.1, 0.15) is 21.5 Å². The maximum atomic E-state index is 12.6. The van der Waals surface area contributed by atoms with Gasteiger partial charge in [-0.2, -0.15) is 0 Å². The Morgan fingerprint density at radius 1 is 1.11 bits per heavy atom. The average Bonchev–Trinajstić information content (AvgIpc) is 2.40. The van der Waals surface area contributed by atoms with Gasteiger partial charge in [-0.05, 0) is 36.6 Å². The molecule has 0 saturated heterocycles. The van der Waals surface area contributed by atoms with E-state index in [1.54, 1.807) is 6.07 Å². The molecule has 3 nitrogen and oxygen atoms in total. The topological polar surface area (TPSA) is 46.3 Å². The number of rotatable bonds is 1. The summed E-state index contributed by atoms with van der Waals surface area (Å²) in [7, 11) is 0. The molecule has 2 N–H and O–H groups in total. The average molecular weight is 252 g/mol. The zero-order valence-electron chi connectivity index (χ0n) is 10.9. The number of nitrogen functional groups attached to an aromatic ring is 1. The quantitative estimate of drug-likeness (QED) is 0.793. The van der Waals surface area contributed by atoms with Crippen LogP contribution in [0.15, 0.2) is 42.5 Å². The second-order valence-corrected chi connectivity index (χ2v) is 4.87. The molecular weight excluding hydrogens is 236 g/mol. The standard InChI is InChI=1S/C16H16N2O/c1-11-5-2-3-8-14(11)18-10-9-12-6-4-7-13(17)15(12)16(18)19/h2-8H,9-10,17H2,1H3. The number of fused-ring (bicyclic) bond motifs is 1. The number of amides is 1. The number of aryl methyl sites for hydroxylation is 1. The van der Waals surface area contributed by atoms with Crippen molar-refractivity contribution in [3.63, 3.8) is 0 Å². The lowest BCUT2D eigenvalue weighted by atomic mass is 9.96. The highest BCUT2D eigenvalue weighted by molar-refractivity contribution is 6.11. The van der Waals surface area contributed by atoms with E-state index in [0.717, 1.165) is 23.2 Å². The third-order valence-corrected chi connectivity index (χ3v) is 3.65. The van der Waals surface area contributed by atoms with Crippen molar-refractivity contribution >= 4 is 17.3 Å². The van der Waals surface area contributed by atoms with Crippen molar-refractivity contribution in [1.29, 1.82) is 0 Å². The first-order valence-electron chi connectivity index (χ1n) is 6.43. The number of anilines is 2. The Morgan fingerprint density at radius 3 is 2.68 bits per heavy atom. The molecule has 0 saturated carbocycles. The first kappa shape index (κ1) is 11.8. The molecule has 1 heterocycles. The van der Waals surface area contributed by atoms with Crippen LogP contribution in [0.5, 0.6) is 0 Å². The van der Waals surface area contributed by atoms with Crippen molar-refractivity contribution in [2.75, 3.05) is 17.2 Å². The van der Waals surface area contributed by atoms with Crippen LogP contribution in [0.2, 0.25) is 0 Å². The molecule has 3 rings (SSSR count). The van der Waals surface area contributed by atoms with Gasteiger partial charge in [0.15, 0.2) is 0 Å². The minimum Gasteiger partial charge on any atom is -0.398 e. The summed E-state index contributed by atoms with van der Waals surface area (Å²) >= 11 is 0. The summed E-state index contributed by atoms with van der Waals surface area (Å²) < 4.78 is 0. The Hall–Kier alpha value is -2.29. The molecule has 19 heavy (non-hydrogen) atoms. The molecule has 3 heteroatoms. The van der Waals surface area contributed by atoms with Gasteiger partial charge in [0.2, 0.25) is 0 Å². The summed E-state index contributed by atoms with van der Waals surface area (Å²) in [6.45, 7) is 2.73. The highest BCUT2D eigenvalue weighted by atomic mass is 16.2. The number of carbonyl (C=O) groups is 1. The van der Waals surface area contributed by atoms with Crippen LogP contribution in [-0.4, -0.2) is 12.5 Å². The normalized spacial score (nSPS) is 14.4. The monoisotopic (exact) mass is 252 g/mol. The fraction of sp³-hybridized carbons (Fsp3) is 0.188. The van der Waals surface area contributed by atoms with Gasteiger partial charge in [0.1, 0.15) is 0 Å². The van der Waals surface area contributed by atoms with E-state index in [9.17, 15) is 4.79 Å². The number of nitrogens with two attached hydrogens (primary N) is 1. The number of hydrogen-bond donors (Lipinski definition) is 1. The van der Waals surface area contributed by atoms with E-state index in [2.05, 4.69) is 0 Å². The zero-order chi connectivity index (χ0) is 13.4. The van der Waals surface area contributed by atoms with Gasteiger partial charge < -0.3 is 10.6 Å². The van der Waals surface area contributed by atoms with Gasteiger partial charge in [-0.3, -0.25) is 4.79 Å². The zero-order valence-corrected chi connectivity index (χ0v) is 10.9. The SMILES string of the molecule is Cc1ccccc1N1CCc2cccc(N)c2C1=O. The maximum absolute atomic E-state index is 12.6. The Bertz CT molecular complexity index is 649. The van der Waals surface area contributed by atoms with Crippen molar-refractivity contribution in [2.45, 2.75) is 13.3 Å². The summed E-state index contributed by atoms with van der Waals surface area (Å²) in [4.78, 5) is 14.5. The molecule has 1 aliphatic rings. The number of nitrogens with zero attached hydrogens (tertiary/aromatic N) is 1. The van der Waals surface area contributed by atoms with Crippen LogP contribution in [0.3, 0.4) is 0 Å². The maximum Gasteiger partial charge on any atom is 0.260 e. The fourth-order valence-corrected chi connectivity index (χ4v) is 2.65. The molecule has 0 aromatic heterocycles. The number of carbonyl (C=O) groups excluding carboxylic acids is 1. The van der Waals surface area contributed by atoms with Crippen LogP contribution in [0, 0.1) is 6.92 Å². The molecule has 0 unspecified atom stereocenters. The predicted molar refractivity (Wildman–Crippen MR) is 77.4 cm³/mol. The first-order valence-corrected chi connectivity index (χ1v) is 6.43. The molecule has 0 bridgehead atoms. The van der Waals surface area contributed by atoms with Crippen LogP contribution < -0.4 is 10.6 Å². The van der Waals surface area contributed by atoms with E-state index < -0.39 is 0 Å². The third-order valence-electron chi connectivity index (χ3n) is 3.65. The Kier molecular flexibility index (Phi) is 2.75. The highest BCUT2D eigenvalue weighted by Crippen LogP contribution is 2.29. The Balaban J connectivity index is 2.07. The third kappa shape index (κ3) is 1.87. The van der Waals surface area contributed by atoms with Crippen molar-refractivity contribution in [1.82, 2.24) is 0 Å². The Labute approximate surface area is 112 Å². The van der Waals surface area contributed by atoms with Gasteiger partial charge in [0.05, 0.1) is 5.56 Å². The molecule has 1 aliphatic heterocycles. The molecule has 0 fully saturated rings. The van der Waals surface area contributed by atoms with Gasteiger partial charge in [-0.15, -0.1) is 0 Å². The molecule has 2 aromatic carbocycles. The highest BCUT2D eigenvalue weighted by Gasteiger charge is 2.27. The lowest BCUT2D eigenvalue weighted by Gasteiger charge is -2.30. The molecular formula is C16H16N2O. The van der Waals surface area contributed by atoms with Crippen LogP contribution >= 0.6 is 0 Å². The van der Waals surface area contributed by atoms with Crippen molar-refractivity contribution < 1.29 is 4.79 Å². The second-order valence-electron chi connectivity index (χ2n) is 4.87. The predicted octanol–water partition coefficient (Wildman–Crippen LogP) is 2.78. The van der Waals surface area contributed by atoms with E-state index in [1.165, 1.54) is 0 Å². The van der Waals surface area contributed by atoms with E-state index >= 15 is 0 Å².